The Morgan fingerprint density at radius 1 is 1.20 bits per heavy atom. The van der Waals surface area contributed by atoms with Crippen LogP contribution in [-0.4, -0.2) is 37.3 Å². The molecule has 0 spiro atoms. The van der Waals surface area contributed by atoms with Gasteiger partial charge in [0, 0.05) is 25.4 Å². The fourth-order valence-electron chi connectivity index (χ4n) is 2.47. The molecule has 6 heteroatoms. The van der Waals surface area contributed by atoms with E-state index in [0.29, 0.717) is 24.5 Å². The van der Waals surface area contributed by atoms with E-state index in [-0.39, 0.29) is 0 Å². The van der Waals surface area contributed by atoms with E-state index in [9.17, 15) is 8.42 Å². The van der Waals surface area contributed by atoms with Crippen molar-refractivity contribution in [3.8, 4) is 0 Å². The molecule has 1 heterocycles. The summed E-state index contributed by atoms with van der Waals surface area (Å²) in [4.78, 5) is 0.412. The molecule has 20 heavy (non-hydrogen) atoms. The van der Waals surface area contributed by atoms with Crippen molar-refractivity contribution in [2.24, 2.45) is 5.73 Å². The predicted molar refractivity (Wildman–Crippen MR) is 84.5 cm³/mol. The first-order valence-corrected chi connectivity index (χ1v) is 9.44. The number of hydrogen-bond donors (Lipinski definition) is 1. The Bertz CT molecular complexity index is 577. The molecular formula is C14H22N2O2S2. The van der Waals surface area contributed by atoms with Gasteiger partial charge in [0.2, 0.25) is 10.0 Å². The summed E-state index contributed by atoms with van der Waals surface area (Å²) in [6.07, 6.45) is 0.915. The molecule has 2 rings (SSSR count). The van der Waals surface area contributed by atoms with Gasteiger partial charge in [-0.3, -0.25) is 0 Å². The Labute approximate surface area is 125 Å². The van der Waals surface area contributed by atoms with E-state index in [1.165, 1.54) is 0 Å². The second kappa shape index (κ2) is 6.47. The summed E-state index contributed by atoms with van der Waals surface area (Å²) in [5.41, 5.74) is 8.46. The van der Waals surface area contributed by atoms with E-state index < -0.39 is 10.0 Å². The molecule has 0 saturated carbocycles. The standard InChI is InChI=1S/C14H22N2O2S2/c1-11-8-12(2)14(9-13(11)10-15)20(17,18)16-4-3-6-19-7-5-16/h8-9H,3-7,10,15H2,1-2H3. The van der Waals surface area contributed by atoms with Gasteiger partial charge in [-0.25, -0.2) is 8.42 Å². The molecule has 1 aromatic carbocycles. The quantitative estimate of drug-likeness (QED) is 0.925. The first-order chi connectivity index (χ1) is 9.46. The first-order valence-electron chi connectivity index (χ1n) is 6.85. The maximum atomic E-state index is 12.8. The lowest BCUT2D eigenvalue weighted by Crippen LogP contribution is -2.33. The summed E-state index contributed by atoms with van der Waals surface area (Å²) in [6, 6.07) is 3.67. The van der Waals surface area contributed by atoms with Gasteiger partial charge in [0.25, 0.3) is 0 Å². The third-order valence-electron chi connectivity index (χ3n) is 3.65. The van der Waals surface area contributed by atoms with Gasteiger partial charge in [0.15, 0.2) is 0 Å². The Hall–Kier alpha value is -0.560. The van der Waals surface area contributed by atoms with Crippen LogP contribution in [0.5, 0.6) is 0 Å². The van der Waals surface area contributed by atoms with Crippen LogP contribution in [0.1, 0.15) is 23.1 Å². The molecule has 112 valence electrons. The number of benzene rings is 1. The second-order valence-corrected chi connectivity index (χ2v) is 8.25. The Morgan fingerprint density at radius 3 is 2.65 bits per heavy atom. The van der Waals surface area contributed by atoms with Crippen LogP contribution in [0.4, 0.5) is 0 Å². The molecule has 2 N–H and O–H groups in total. The Balaban J connectivity index is 2.42. The van der Waals surface area contributed by atoms with Gasteiger partial charge in [-0.2, -0.15) is 16.1 Å². The zero-order chi connectivity index (χ0) is 14.8. The van der Waals surface area contributed by atoms with Crippen LogP contribution in [0.3, 0.4) is 0 Å². The first kappa shape index (κ1) is 15.8. The van der Waals surface area contributed by atoms with Crippen molar-refractivity contribution in [3.05, 3.63) is 28.8 Å². The molecule has 4 nitrogen and oxygen atoms in total. The molecule has 1 saturated heterocycles. The lowest BCUT2D eigenvalue weighted by Gasteiger charge is -2.21. The highest BCUT2D eigenvalue weighted by Crippen LogP contribution is 2.25. The van der Waals surface area contributed by atoms with Crippen molar-refractivity contribution in [3.63, 3.8) is 0 Å². The van der Waals surface area contributed by atoms with Gasteiger partial charge in [-0.1, -0.05) is 6.07 Å². The van der Waals surface area contributed by atoms with Crippen LogP contribution < -0.4 is 5.73 Å². The van der Waals surface area contributed by atoms with E-state index in [0.717, 1.165) is 34.6 Å². The molecule has 0 aliphatic carbocycles. The van der Waals surface area contributed by atoms with Gasteiger partial charge >= 0.3 is 0 Å². The summed E-state index contributed by atoms with van der Waals surface area (Å²) in [5.74, 6) is 1.90. The monoisotopic (exact) mass is 314 g/mol. The zero-order valence-electron chi connectivity index (χ0n) is 12.1. The van der Waals surface area contributed by atoms with E-state index >= 15 is 0 Å². The number of nitrogens with zero attached hydrogens (tertiary/aromatic N) is 1. The van der Waals surface area contributed by atoms with Crippen molar-refractivity contribution < 1.29 is 8.42 Å². The van der Waals surface area contributed by atoms with Crippen molar-refractivity contribution in [1.82, 2.24) is 4.31 Å². The minimum Gasteiger partial charge on any atom is -0.326 e. The highest BCUT2D eigenvalue weighted by Gasteiger charge is 2.27. The highest BCUT2D eigenvalue weighted by molar-refractivity contribution is 7.99. The van der Waals surface area contributed by atoms with Crippen LogP contribution in [-0.2, 0) is 16.6 Å². The second-order valence-electron chi connectivity index (χ2n) is 5.12. The molecule has 0 bridgehead atoms. The predicted octanol–water partition coefficient (Wildman–Crippen LogP) is 1.89. The third-order valence-corrected chi connectivity index (χ3v) is 6.74. The molecule has 1 aliphatic heterocycles. The van der Waals surface area contributed by atoms with E-state index in [1.54, 1.807) is 10.4 Å². The van der Waals surface area contributed by atoms with Crippen molar-refractivity contribution >= 4 is 21.8 Å². The summed E-state index contributed by atoms with van der Waals surface area (Å²) in [6.45, 7) is 5.39. The van der Waals surface area contributed by atoms with Gasteiger partial charge < -0.3 is 5.73 Å². The fraction of sp³-hybridized carbons (Fsp3) is 0.571. The molecule has 0 amide bonds. The number of aryl methyl sites for hydroxylation is 2. The van der Waals surface area contributed by atoms with Crippen molar-refractivity contribution in [2.45, 2.75) is 31.7 Å². The van der Waals surface area contributed by atoms with E-state index in [2.05, 4.69) is 0 Å². The molecule has 1 aromatic rings. The van der Waals surface area contributed by atoms with E-state index in [1.807, 2.05) is 31.7 Å². The summed E-state index contributed by atoms with van der Waals surface area (Å²) in [7, 11) is -3.40. The number of hydrogen-bond acceptors (Lipinski definition) is 4. The van der Waals surface area contributed by atoms with Gasteiger partial charge in [0.1, 0.15) is 0 Å². The molecule has 1 aliphatic rings. The molecule has 1 fully saturated rings. The third kappa shape index (κ3) is 3.19. The van der Waals surface area contributed by atoms with Crippen LogP contribution in [0.25, 0.3) is 0 Å². The van der Waals surface area contributed by atoms with Crippen LogP contribution >= 0.6 is 11.8 Å². The lowest BCUT2D eigenvalue weighted by molar-refractivity contribution is 0.434. The Morgan fingerprint density at radius 2 is 1.95 bits per heavy atom. The zero-order valence-corrected chi connectivity index (χ0v) is 13.7. The normalized spacial score (nSPS) is 17.9. The lowest BCUT2D eigenvalue weighted by atomic mass is 10.1. The highest BCUT2D eigenvalue weighted by atomic mass is 32.2. The SMILES string of the molecule is Cc1cc(C)c(S(=O)(=O)N2CCCSCC2)cc1CN. The topological polar surface area (TPSA) is 63.4 Å². The Kier molecular flexibility index (Phi) is 5.12. The fourth-order valence-corrected chi connectivity index (χ4v) is 5.21. The average molecular weight is 314 g/mol. The van der Waals surface area contributed by atoms with Crippen LogP contribution in [0, 0.1) is 13.8 Å². The number of nitrogens with two attached hydrogens (primary N) is 1. The minimum absolute atomic E-state index is 0.366. The maximum absolute atomic E-state index is 12.8. The van der Waals surface area contributed by atoms with Gasteiger partial charge in [-0.15, -0.1) is 0 Å². The number of rotatable bonds is 3. The summed E-state index contributed by atoms with van der Waals surface area (Å²) >= 11 is 1.82. The van der Waals surface area contributed by atoms with Crippen molar-refractivity contribution in [1.29, 1.82) is 0 Å². The number of sulfonamides is 1. The van der Waals surface area contributed by atoms with Crippen LogP contribution in [0.2, 0.25) is 0 Å². The van der Waals surface area contributed by atoms with Crippen molar-refractivity contribution in [2.75, 3.05) is 24.6 Å². The van der Waals surface area contributed by atoms with Gasteiger partial charge in [-0.05, 0) is 48.8 Å². The number of thioether (sulfide) groups is 1. The molecule has 0 unspecified atom stereocenters. The maximum Gasteiger partial charge on any atom is 0.243 e. The van der Waals surface area contributed by atoms with E-state index in [4.69, 9.17) is 5.73 Å². The molecule has 0 atom stereocenters. The summed E-state index contributed by atoms with van der Waals surface area (Å²) in [5, 5.41) is 0. The minimum atomic E-state index is -3.40. The largest absolute Gasteiger partial charge is 0.326 e. The molecule has 0 aromatic heterocycles. The summed E-state index contributed by atoms with van der Waals surface area (Å²) < 4.78 is 27.2. The molecular weight excluding hydrogens is 292 g/mol. The molecule has 0 radical (unpaired) electrons. The average Bonchev–Trinajstić information content (AvgIpc) is 2.67. The smallest absolute Gasteiger partial charge is 0.243 e. The van der Waals surface area contributed by atoms with Crippen LogP contribution in [0.15, 0.2) is 17.0 Å². The van der Waals surface area contributed by atoms with Gasteiger partial charge in [0.05, 0.1) is 4.90 Å².